The van der Waals surface area contributed by atoms with Crippen molar-refractivity contribution in [1.82, 2.24) is 20.8 Å². The molecule has 1 fully saturated rings. The van der Waals surface area contributed by atoms with Gasteiger partial charge in [0.1, 0.15) is 0 Å². The molecule has 0 saturated carbocycles. The molecular weight excluding hydrogens is 180 g/mol. The van der Waals surface area contributed by atoms with Crippen molar-refractivity contribution in [2.75, 3.05) is 19.6 Å². The van der Waals surface area contributed by atoms with Crippen LogP contribution in [0.5, 0.6) is 0 Å². The first kappa shape index (κ1) is 9.08. The van der Waals surface area contributed by atoms with Crippen LogP contribution in [0.25, 0.3) is 0 Å². The normalized spacial score (nSPS) is 16.0. The number of nitrogens with zero attached hydrogens (tertiary/aromatic N) is 2. The summed E-state index contributed by atoms with van der Waals surface area (Å²) in [6.45, 7) is 2.72. The van der Waals surface area contributed by atoms with E-state index in [0.29, 0.717) is 11.5 Å². The summed E-state index contributed by atoms with van der Waals surface area (Å²) in [4.78, 5) is 11.5. The van der Waals surface area contributed by atoms with Crippen LogP contribution in [-0.4, -0.2) is 35.7 Å². The van der Waals surface area contributed by atoms with E-state index in [1.807, 2.05) is 0 Å². The lowest BCUT2D eigenvalue weighted by atomic mass is 10.0. The van der Waals surface area contributed by atoms with Crippen LogP contribution in [0.3, 0.4) is 0 Å². The van der Waals surface area contributed by atoms with Crippen LogP contribution in [0.1, 0.15) is 10.4 Å². The Balaban J connectivity index is 1.83. The van der Waals surface area contributed by atoms with Crippen molar-refractivity contribution in [2.24, 2.45) is 5.92 Å². The van der Waals surface area contributed by atoms with Gasteiger partial charge in [-0.05, 0) is 6.07 Å². The SMILES string of the molecule is O=C(NCC1CNC1)c1ccnnc1. The van der Waals surface area contributed by atoms with Gasteiger partial charge in [-0.25, -0.2) is 0 Å². The molecule has 0 aliphatic carbocycles. The molecule has 1 aliphatic heterocycles. The minimum absolute atomic E-state index is 0.0770. The molecule has 5 nitrogen and oxygen atoms in total. The smallest absolute Gasteiger partial charge is 0.252 e. The summed E-state index contributed by atoms with van der Waals surface area (Å²) in [5.41, 5.74) is 0.562. The number of rotatable bonds is 3. The second kappa shape index (κ2) is 4.15. The summed E-state index contributed by atoms with van der Waals surface area (Å²) < 4.78 is 0. The van der Waals surface area contributed by atoms with Gasteiger partial charge in [-0.1, -0.05) is 0 Å². The second-order valence-corrected chi connectivity index (χ2v) is 3.37. The molecule has 0 spiro atoms. The third-order valence-electron chi connectivity index (χ3n) is 2.26. The summed E-state index contributed by atoms with van der Waals surface area (Å²) >= 11 is 0. The highest BCUT2D eigenvalue weighted by Gasteiger charge is 2.17. The van der Waals surface area contributed by atoms with Crippen LogP contribution in [-0.2, 0) is 0 Å². The first-order chi connectivity index (χ1) is 6.86. The topological polar surface area (TPSA) is 66.9 Å². The molecule has 0 radical (unpaired) electrons. The van der Waals surface area contributed by atoms with E-state index in [1.165, 1.54) is 12.4 Å². The molecule has 0 atom stereocenters. The predicted molar refractivity (Wildman–Crippen MR) is 50.7 cm³/mol. The maximum absolute atomic E-state index is 11.5. The Labute approximate surface area is 81.9 Å². The molecule has 0 unspecified atom stereocenters. The average Bonchev–Trinajstić information content (AvgIpc) is 2.16. The van der Waals surface area contributed by atoms with Gasteiger partial charge in [-0.3, -0.25) is 4.79 Å². The summed E-state index contributed by atoms with van der Waals surface area (Å²) in [7, 11) is 0. The van der Waals surface area contributed by atoms with E-state index >= 15 is 0 Å². The van der Waals surface area contributed by atoms with Gasteiger partial charge in [-0.2, -0.15) is 10.2 Å². The third kappa shape index (κ3) is 2.05. The predicted octanol–water partition coefficient (Wildman–Crippen LogP) is -0.574. The van der Waals surface area contributed by atoms with E-state index in [9.17, 15) is 4.79 Å². The van der Waals surface area contributed by atoms with Gasteiger partial charge in [0.05, 0.1) is 18.0 Å². The van der Waals surface area contributed by atoms with Crippen molar-refractivity contribution in [2.45, 2.75) is 0 Å². The molecule has 14 heavy (non-hydrogen) atoms. The number of hydrogen-bond donors (Lipinski definition) is 2. The van der Waals surface area contributed by atoms with Crippen LogP contribution >= 0.6 is 0 Å². The molecular formula is C9H12N4O. The fourth-order valence-corrected chi connectivity index (χ4v) is 1.26. The highest BCUT2D eigenvalue weighted by molar-refractivity contribution is 5.93. The Morgan fingerprint density at radius 2 is 2.43 bits per heavy atom. The Kier molecular flexibility index (Phi) is 2.69. The quantitative estimate of drug-likeness (QED) is 0.672. The van der Waals surface area contributed by atoms with Gasteiger partial charge >= 0.3 is 0 Å². The molecule has 74 valence electrons. The number of carbonyl (C=O) groups excluding carboxylic acids is 1. The maximum atomic E-state index is 11.5. The van der Waals surface area contributed by atoms with Crippen LogP contribution in [0, 0.1) is 5.92 Å². The number of nitrogens with one attached hydrogen (secondary N) is 2. The number of carbonyl (C=O) groups is 1. The van der Waals surface area contributed by atoms with Crippen LogP contribution < -0.4 is 10.6 Å². The standard InChI is InChI=1S/C9H12N4O/c14-9(8-1-2-12-13-6-8)11-5-7-3-10-4-7/h1-2,6-7,10H,3-5H2,(H,11,14). The zero-order chi connectivity index (χ0) is 9.80. The first-order valence-corrected chi connectivity index (χ1v) is 4.62. The van der Waals surface area contributed by atoms with Crippen molar-refractivity contribution >= 4 is 5.91 Å². The molecule has 1 aromatic rings. The van der Waals surface area contributed by atoms with Gasteiger partial charge < -0.3 is 10.6 Å². The lowest BCUT2D eigenvalue weighted by Gasteiger charge is -2.26. The van der Waals surface area contributed by atoms with Crippen molar-refractivity contribution in [1.29, 1.82) is 0 Å². The minimum Gasteiger partial charge on any atom is -0.352 e. The molecule has 1 amide bonds. The zero-order valence-corrected chi connectivity index (χ0v) is 7.73. The lowest BCUT2D eigenvalue weighted by Crippen LogP contribution is -2.48. The Hall–Kier alpha value is -1.49. The molecule has 2 N–H and O–H groups in total. The lowest BCUT2D eigenvalue weighted by molar-refractivity contribution is 0.0941. The summed E-state index contributed by atoms with van der Waals surface area (Å²) in [5, 5.41) is 13.3. The largest absolute Gasteiger partial charge is 0.352 e. The van der Waals surface area contributed by atoms with Crippen molar-refractivity contribution in [3.63, 3.8) is 0 Å². The van der Waals surface area contributed by atoms with E-state index < -0.39 is 0 Å². The molecule has 2 rings (SSSR count). The first-order valence-electron chi connectivity index (χ1n) is 4.62. The van der Waals surface area contributed by atoms with E-state index in [0.717, 1.165) is 19.6 Å². The molecule has 1 aliphatic rings. The number of aromatic nitrogens is 2. The summed E-state index contributed by atoms with van der Waals surface area (Å²) in [6, 6.07) is 1.65. The monoisotopic (exact) mass is 192 g/mol. The highest BCUT2D eigenvalue weighted by Crippen LogP contribution is 2.01. The summed E-state index contributed by atoms with van der Waals surface area (Å²) in [5.74, 6) is 0.501. The van der Waals surface area contributed by atoms with E-state index in [-0.39, 0.29) is 5.91 Å². The number of hydrogen-bond acceptors (Lipinski definition) is 4. The summed E-state index contributed by atoms with van der Waals surface area (Å²) in [6.07, 6.45) is 2.98. The van der Waals surface area contributed by atoms with Crippen LogP contribution in [0.4, 0.5) is 0 Å². The van der Waals surface area contributed by atoms with Gasteiger partial charge in [0.2, 0.25) is 0 Å². The van der Waals surface area contributed by atoms with Crippen molar-refractivity contribution in [3.05, 3.63) is 24.0 Å². The highest BCUT2D eigenvalue weighted by atomic mass is 16.1. The third-order valence-corrected chi connectivity index (χ3v) is 2.26. The van der Waals surface area contributed by atoms with Gasteiger partial charge in [0.15, 0.2) is 0 Å². The van der Waals surface area contributed by atoms with Gasteiger partial charge in [0, 0.05) is 25.6 Å². The maximum Gasteiger partial charge on any atom is 0.252 e. The molecule has 5 heteroatoms. The fraction of sp³-hybridized carbons (Fsp3) is 0.444. The Bertz CT molecular complexity index is 310. The van der Waals surface area contributed by atoms with Crippen LogP contribution in [0.2, 0.25) is 0 Å². The van der Waals surface area contributed by atoms with E-state index in [4.69, 9.17) is 0 Å². The average molecular weight is 192 g/mol. The molecule has 0 bridgehead atoms. The Morgan fingerprint density at radius 1 is 1.57 bits per heavy atom. The van der Waals surface area contributed by atoms with Gasteiger partial charge in [0.25, 0.3) is 5.91 Å². The molecule has 0 aromatic carbocycles. The van der Waals surface area contributed by atoms with Crippen molar-refractivity contribution in [3.8, 4) is 0 Å². The molecule has 1 aromatic heterocycles. The molecule has 1 saturated heterocycles. The van der Waals surface area contributed by atoms with Gasteiger partial charge in [-0.15, -0.1) is 0 Å². The molecule has 2 heterocycles. The Morgan fingerprint density at radius 3 is 3.00 bits per heavy atom. The van der Waals surface area contributed by atoms with Crippen LogP contribution in [0.15, 0.2) is 18.5 Å². The van der Waals surface area contributed by atoms with E-state index in [1.54, 1.807) is 6.07 Å². The zero-order valence-electron chi connectivity index (χ0n) is 7.73. The second-order valence-electron chi connectivity index (χ2n) is 3.37. The minimum atomic E-state index is -0.0770. The van der Waals surface area contributed by atoms with Crippen molar-refractivity contribution < 1.29 is 4.79 Å². The fourth-order valence-electron chi connectivity index (χ4n) is 1.26. The van der Waals surface area contributed by atoms with E-state index in [2.05, 4.69) is 20.8 Å². The number of amides is 1.